The minimum absolute atomic E-state index is 0.163. The van der Waals surface area contributed by atoms with E-state index in [1.54, 1.807) is 4.90 Å². The number of unbranched alkanes of at least 4 members (excludes halogenated alkanes) is 6. The van der Waals surface area contributed by atoms with Crippen LogP contribution in [0.2, 0.25) is 0 Å². The van der Waals surface area contributed by atoms with Gasteiger partial charge in [-0.3, -0.25) is 10.2 Å². The maximum absolute atomic E-state index is 13.7. The van der Waals surface area contributed by atoms with Crippen molar-refractivity contribution in [1.29, 1.82) is 0 Å². The van der Waals surface area contributed by atoms with Gasteiger partial charge >= 0.3 is 18.3 Å². The predicted molar refractivity (Wildman–Crippen MR) is 199 cm³/mol. The molecule has 0 saturated carbocycles. The number of aromatic nitrogens is 2. The van der Waals surface area contributed by atoms with Gasteiger partial charge in [0.05, 0.1) is 6.20 Å². The zero-order chi connectivity index (χ0) is 37.7. The Morgan fingerprint density at radius 3 is 1.72 bits per heavy atom. The Morgan fingerprint density at radius 2 is 1.24 bits per heavy atom. The van der Waals surface area contributed by atoms with E-state index in [-0.39, 0.29) is 18.2 Å². The smallest absolute Gasteiger partial charge is 0.415 e. The van der Waals surface area contributed by atoms with Crippen LogP contribution in [0.5, 0.6) is 0 Å². The number of alkyl carbamates (subject to hydrolysis) is 2. The topological polar surface area (TPSA) is 139 Å². The van der Waals surface area contributed by atoms with E-state index >= 15 is 0 Å². The van der Waals surface area contributed by atoms with Crippen molar-refractivity contribution >= 4 is 29.9 Å². The first-order chi connectivity index (χ1) is 23.2. The Morgan fingerprint density at radius 1 is 0.760 bits per heavy atom. The number of nitrogens with zero attached hydrogens (tertiary/aromatic N) is 4. The summed E-state index contributed by atoms with van der Waals surface area (Å²) in [5.74, 6) is 1.86. The Bertz CT molecular complexity index is 1260. The summed E-state index contributed by atoms with van der Waals surface area (Å²) in [5.41, 5.74) is -0.591. The number of amides is 3. The minimum atomic E-state index is -0.662. The first-order valence-corrected chi connectivity index (χ1v) is 18.4. The maximum atomic E-state index is 13.7. The van der Waals surface area contributed by atoms with E-state index in [1.165, 1.54) is 0 Å². The predicted octanol–water partition coefficient (Wildman–Crippen LogP) is 7.58. The lowest BCUT2D eigenvalue weighted by Gasteiger charge is -2.38. The fourth-order valence-corrected chi connectivity index (χ4v) is 5.37. The summed E-state index contributed by atoms with van der Waals surface area (Å²) < 4.78 is 18.4. The number of rotatable bonds is 17. The highest BCUT2D eigenvalue weighted by molar-refractivity contribution is 5.79. The van der Waals surface area contributed by atoms with Gasteiger partial charge < -0.3 is 29.7 Å². The molecule has 286 valence electrons. The summed E-state index contributed by atoms with van der Waals surface area (Å²) in [7, 11) is 2.05. The van der Waals surface area contributed by atoms with Crippen molar-refractivity contribution < 1.29 is 28.6 Å². The van der Waals surface area contributed by atoms with E-state index in [4.69, 9.17) is 19.3 Å². The fraction of sp³-hybridized carbons (Fsp3) is 0.784. The lowest BCUT2D eigenvalue weighted by molar-refractivity contribution is 0.0338. The van der Waals surface area contributed by atoms with Crippen molar-refractivity contribution in [2.24, 2.45) is 0 Å². The van der Waals surface area contributed by atoms with Crippen LogP contribution in [0.15, 0.2) is 12.3 Å². The van der Waals surface area contributed by atoms with E-state index in [0.717, 1.165) is 69.3 Å². The van der Waals surface area contributed by atoms with E-state index < -0.39 is 29.0 Å². The van der Waals surface area contributed by atoms with Crippen molar-refractivity contribution in [3.63, 3.8) is 0 Å². The third kappa shape index (κ3) is 15.6. The fourth-order valence-electron chi connectivity index (χ4n) is 5.37. The minimum Gasteiger partial charge on any atom is -0.444 e. The Balaban J connectivity index is 2.07. The normalized spacial score (nSPS) is 14.9. The highest BCUT2D eigenvalue weighted by Crippen LogP contribution is 2.35. The van der Waals surface area contributed by atoms with Crippen LogP contribution in [-0.2, 0) is 14.2 Å². The van der Waals surface area contributed by atoms with Gasteiger partial charge in [-0.15, -0.1) is 0 Å². The summed E-state index contributed by atoms with van der Waals surface area (Å²) in [6.07, 6.45) is 9.79. The molecule has 3 amide bonds. The van der Waals surface area contributed by atoms with Gasteiger partial charge in [-0.25, -0.2) is 19.1 Å². The highest BCUT2D eigenvalue weighted by atomic mass is 16.6. The summed E-state index contributed by atoms with van der Waals surface area (Å²) >= 11 is 0. The number of carbonyl (C=O) groups excluding carboxylic acids is 3. The molecule has 0 saturated heterocycles. The number of hydrogen-bond acceptors (Lipinski definition) is 9. The monoisotopic (exact) mass is 706 g/mol. The van der Waals surface area contributed by atoms with Gasteiger partial charge in [0.25, 0.3) is 0 Å². The molecule has 0 bridgehead atoms. The van der Waals surface area contributed by atoms with Gasteiger partial charge in [-0.05, 0) is 107 Å². The number of anilines is 1. The van der Waals surface area contributed by atoms with Crippen molar-refractivity contribution in [3.05, 3.63) is 17.8 Å². The quantitative estimate of drug-likeness (QED) is 0.111. The molecular formula is C37H67N7O6. The standard InChI is InChI=1S/C37H67N7O6/c1-27(2)28-26-41-44-30(25-29(42(12)31(28)44)38-21-17-13-14-18-22-39-32(45)48-35(3,4)5)43(34(47)50-37(9,10)11)24-20-16-15-19-23-40-33(46)49-36(6,7)8/h25-27,29,38H,13-24H2,1-12H3,(H,39,45)(H,40,46). The third-order valence-corrected chi connectivity index (χ3v) is 7.66. The summed E-state index contributed by atoms with van der Waals surface area (Å²) in [6, 6.07) is 0. The molecule has 13 heteroatoms. The lowest BCUT2D eigenvalue weighted by atomic mass is 10.1. The van der Waals surface area contributed by atoms with Crippen LogP contribution in [0.25, 0.3) is 5.82 Å². The molecule has 1 aromatic heterocycles. The third-order valence-electron chi connectivity index (χ3n) is 7.66. The van der Waals surface area contributed by atoms with E-state index in [2.05, 4.69) is 47.8 Å². The first kappa shape index (κ1) is 42.7. The molecule has 13 nitrogen and oxygen atoms in total. The molecule has 1 aromatic rings. The Labute approximate surface area is 301 Å². The number of likely N-dealkylation sites (N-methyl/N-ethyl adjacent to an activating group) is 1. The number of hydrogen-bond donors (Lipinski definition) is 3. The summed E-state index contributed by atoms with van der Waals surface area (Å²) in [4.78, 5) is 41.5. The second-order valence-corrected chi connectivity index (χ2v) is 16.3. The van der Waals surface area contributed by atoms with Crippen LogP contribution < -0.4 is 20.9 Å². The molecule has 1 unspecified atom stereocenters. The second-order valence-electron chi connectivity index (χ2n) is 16.3. The average molecular weight is 706 g/mol. The molecule has 0 fully saturated rings. The molecule has 0 spiro atoms. The molecule has 2 rings (SSSR count). The van der Waals surface area contributed by atoms with E-state index in [1.807, 2.05) is 73.2 Å². The molecule has 3 N–H and O–H groups in total. The van der Waals surface area contributed by atoms with Gasteiger partial charge in [0.2, 0.25) is 0 Å². The zero-order valence-electron chi connectivity index (χ0n) is 33.0. The molecule has 0 radical (unpaired) electrons. The number of ether oxygens (including phenoxy) is 3. The molecule has 0 aliphatic carbocycles. The van der Waals surface area contributed by atoms with E-state index in [9.17, 15) is 14.4 Å². The van der Waals surface area contributed by atoms with Gasteiger partial charge in [0, 0.05) is 32.2 Å². The van der Waals surface area contributed by atoms with Crippen molar-refractivity contribution in [2.45, 2.75) is 156 Å². The Kier molecular flexibility index (Phi) is 16.4. The van der Waals surface area contributed by atoms with Gasteiger partial charge in [0.1, 0.15) is 34.6 Å². The van der Waals surface area contributed by atoms with Crippen LogP contribution in [0.4, 0.5) is 20.2 Å². The first-order valence-electron chi connectivity index (χ1n) is 18.4. The molecule has 0 aromatic carbocycles. The van der Waals surface area contributed by atoms with Crippen LogP contribution >= 0.6 is 0 Å². The van der Waals surface area contributed by atoms with Crippen molar-refractivity contribution in [3.8, 4) is 0 Å². The molecule has 2 heterocycles. The molecule has 1 atom stereocenters. The zero-order valence-corrected chi connectivity index (χ0v) is 33.0. The van der Waals surface area contributed by atoms with Crippen LogP contribution in [0.1, 0.15) is 139 Å². The second kappa shape index (κ2) is 19.2. The van der Waals surface area contributed by atoms with Crippen LogP contribution in [-0.4, -0.2) is 89.2 Å². The highest BCUT2D eigenvalue weighted by Gasteiger charge is 2.34. The van der Waals surface area contributed by atoms with Gasteiger partial charge in [-0.1, -0.05) is 39.5 Å². The number of nitrogens with one attached hydrogen (secondary N) is 3. The number of fused-ring (bicyclic) bond motifs is 1. The van der Waals surface area contributed by atoms with Crippen LogP contribution in [0, 0.1) is 0 Å². The maximum Gasteiger partial charge on any atom is 0.415 e. The summed E-state index contributed by atoms with van der Waals surface area (Å²) in [5, 5.41) is 14.1. The van der Waals surface area contributed by atoms with Crippen LogP contribution in [0.3, 0.4) is 0 Å². The summed E-state index contributed by atoms with van der Waals surface area (Å²) in [6.45, 7) is 23.4. The van der Waals surface area contributed by atoms with E-state index in [0.29, 0.717) is 25.5 Å². The van der Waals surface area contributed by atoms with Crippen molar-refractivity contribution in [1.82, 2.24) is 30.6 Å². The average Bonchev–Trinajstić information content (AvgIpc) is 3.41. The molecule has 1 aliphatic rings. The molecule has 50 heavy (non-hydrogen) atoms. The number of carbonyl (C=O) groups is 3. The Hall–Kier alpha value is -3.48. The molecular weight excluding hydrogens is 638 g/mol. The molecule has 1 aliphatic heterocycles. The van der Waals surface area contributed by atoms with Gasteiger partial charge in [0.15, 0.2) is 0 Å². The SMILES string of the molecule is CC(C)c1cnn2c1N(C)C(NCCCCCCNC(=O)OC(C)(C)C)C=C2N(CCCCCCNC(=O)OC(C)(C)C)C(=O)OC(C)(C)C. The van der Waals surface area contributed by atoms with Crippen molar-refractivity contribution in [2.75, 3.05) is 38.1 Å². The lowest BCUT2D eigenvalue weighted by Crippen LogP contribution is -2.49. The largest absolute Gasteiger partial charge is 0.444 e. The van der Waals surface area contributed by atoms with Gasteiger partial charge in [-0.2, -0.15) is 5.10 Å².